The van der Waals surface area contributed by atoms with Crippen LogP contribution in [0.15, 0.2) is 40.0 Å². The minimum absolute atomic E-state index is 0.0733. The molecule has 6 nitrogen and oxygen atoms in total. The van der Waals surface area contributed by atoms with E-state index in [4.69, 9.17) is 0 Å². The Hall–Kier alpha value is -2.58. The van der Waals surface area contributed by atoms with Gasteiger partial charge in [0.2, 0.25) is 0 Å². The fourth-order valence-electron chi connectivity index (χ4n) is 5.95. The second-order valence-electron chi connectivity index (χ2n) is 10.3. The number of alkyl halides is 1. The van der Waals surface area contributed by atoms with Crippen LogP contribution in [0.3, 0.4) is 0 Å². The van der Waals surface area contributed by atoms with Crippen LogP contribution in [0, 0.1) is 19.8 Å². The van der Waals surface area contributed by atoms with E-state index in [1.807, 2.05) is 50.4 Å². The van der Waals surface area contributed by atoms with Gasteiger partial charge in [-0.15, -0.1) is 11.8 Å². The van der Waals surface area contributed by atoms with Crippen molar-refractivity contribution >= 4 is 28.6 Å². The number of benzene rings is 1. The summed E-state index contributed by atoms with van der Waals surface area (Å²) >= 11 is 1.49. The van der Waals surface area contributed by atoms with Gasteiger partial charge in [0, 0.05) is 63.8 Å². The summed E-state index contributed by atoms with van der Waals surface area (Å²) in [6.45, 7) is 7.47. The van der Waals surface area contributed by atoms with Crippen molar-refractivity contribution in [2.24, 2.45) is 5.92 Å². The number of aryl methyl sites for hydroxylation is 1. The molecule has 1 aliphatic carbocycles. The van der Waals surface area contributed by atoms with Crippen LogP contribution in [-0.2, 0) is 6.54 Å². The van der Waals surface area contributed by atoms with Crippen LogP contribution in [0.2, 0.25) is 0 Å². The van der Waals surface area contributed by atoms with E-state index in [1.54, 1.807) is 0 Å². The molecule has 3 aromatic rings. The second kappa shape index (κ2) is 10.1. The van der Waals surface area contributed by atoms with Gasteiger partial charge < -0.3 is 14.9 Å². The fraction of sp³-hybridized carbons (Fsp3) is 0.500. The van der Waals surface area contributed by atoms with E-state index < -0.39 is 6.17 Å². The number of hydrogen-bond acceptors (Lipinski definition) is 4. The van der Waals surface area contributed by atoms with Gasteiger partial charge in [-0.1, -0.05) is 18.2 Å². The molecule has 3 heterocycles. The van der Waals surface area contributed by atoms with E-state index in [-0.39, 0.29) is 30.0 Å². The SMILES string of the molecule is CSc1cc(C)[nH]c(=O)c1CNC(=O)c1c(C)n([C@H](C)[C@H]2CCN(C3CC3)C[C@H]2F)c2ccccc12. The third kappa shape index (κ3) is 4.61. The molecule has 8 heteroatoms. The number of nitrogens with one attached hydrogen (secondary N) is 2. The van der Waals surface area contributed by atoms with Gasteiger partial charge in [0.15, 0.2) is 0 Å². The number of aromatic nitrogens is 2. The highest BCUT2D eigenvalue weighted by molar-refractivity contribution is 7.98. The summed E-state index contributed by atoms with van der Waals surface area (Å²) in [5.41, 5.74) is 3.54. The molecule has 2 aromatic heterocycles. The van der Waals surface area contributed by atoms with Crippen molar-refractivity contribution < 1.29 is 9.18 Å². The molecular weight excluding hydrogens is 475 g/mol. The van der Waals surface area contributed by atoms with Crippen LogP contribution in [0.4, 0.5) is 4.39 Å². The number of carbonyl (C=O) groups excluding carboxylic acids is 1. The molecule has 0 bridgehead atoms. The first kappa shape index (κ1) is 25.1. The predicted molar refractivity (Wildman–Crippen MR) is 144 cm³/mol. The van der Waals surface area contributed by atoms with E-state index in [9.17, 15) is 9.59 Å². The minimum Gasteiger partial charge on any atom is -0.348 e. The Balaban J connectivity index is 1.43. The summed E-state index contributed by atoms with van der Waals surface area (Å²) < 4.78 is 17.5. The van der Waals surface area contributed by atoms with Crippen molar-refractivity contribution in [3.05, 3.63) is 63.2 Å². The normalized spacial score (nSPS) is 21.6. The number of aromatic amines is 1. The first-order chi connectivity index (χ1) is 17.3. The first-order valence-corrected chi connectivity index (χ1v) is 14.0. The van der Waals surface area contributed by atoms with Crippen LogP contribution >= 0.6 is 11.8 Å². The quantitative estimate of drug-likeness (QED) is 0.440. The van der Waals surface area contributed by atoms with E-state index in [0.717, 1.165) is 40.2 Å². The number of pyridine rings is 1. The average molecular weight is 511 g/mol. The van der Waals surface area contributed by atoms with Crippen molar-refractivity contribution in [1.82, 2.24) is 19.8 Å². The van der Waals surface area contributed by atoms with Crippen LogP contribution in [-0.4, -0.2) is 51.9 Å². The minimum atomic E-state index is -0.884. The van der Waals surface area contributed by atoms with E-state index in [2.05, 4.69) is 26.7 Å². The summed E-state index contributed by atoms with van der Waals surface area (Å²) in [4.78, 5) is 32.1. The van der Waals surface area contributed by atoms with E-state index in [1.165, 1.54) is 24.6 Å². The lowest BCUT2D eigenvalue weighted by atomic mass is 9.88. The van der Waals surface area contributed by atoms with Gasteiger partial charge in [-0.2, -0.15) is 0 Å². The predicted octanol–water partition coefficient (Wildman–Crippen LogP) is 4.98. The number of hydrogen-bond donors (Lipinski definition) is 2. The molecule has 3 atom stereocenters. The van der Waals surface area contributed by atoms with E-state index in [0.29, 0.717) is 23.7 Å². The molecule has 2 aliphatic rings. The number of rotatable bonds is 7. The third-order valence-electron chi connectivity index (χ3n) is 7.97. The lowest BCUT2D eigenvalue weighted by Gasteiger charge is -2.38. The molecule has 0 unspecified atom stereocenters. The van der Waals surface area contributed by atoms with Crippen LogP contribution < -0.4 is 10.9 Å². The Morgan fingerprint density at radius 3 is 2.69 bits per heavy atom. The molecule has 0 radical (unpaired) electrons. The third-order valence-corrected chi connectivity index (χ3v) is 8.78. The van der Waals surface area contributed by atoms with Crippen molar-refractivity contribution in [2.75, 3.05) is 19.3 Å². The van der Waals surface area contributed by atoms with Gasteiger partial charge in [-0.05, 0) is 65.0 Å². The number of para-hydroxylation sites is 1. The van der Waals surface area contributed by atoms with Crippen molar-refractivity contribution in [1.29, 1.82) is 0 Å². The maximum atomic E-state index is 15.4. The van der Waals surface area contributed by atoms with Gasteiger partial charge >= 0.3 is 0 Å². The summed E-state index contributed by atoms with van der Waals surface area (Å²) in [5, 5.41) is 3.84. The number of carbonyl (C=O) groups is 1. The summed E-state index contributed by atoms with van der Waals surface area (Å²) in [6.07, 6.45) is 4.25. The summed E-state index contributed by atoms with van der Waals surface area (Å²) in [5.74, 6) is -0.317. The molecule has 1 saturated carbocycles. The number of fused-ring (bicyclic) bond motifs is 1. The maximum Gasteiger partial charge on any atom is 0.254 e. The highest BCUT2D eigenvalue weighted by atomic mass is 32.2. The maximum absolute atomic E-state index is 15.4. The molecular formula is C28H35FN4O2S. The van der Waals surface area contributed by atoms with Crippen molar-refractivity contribution in [3.8, 4) is 0 Å². The number of thioether (sulfide) groups is 1. The molecule has 5 rings (SSSR count). The van der Waals surface area contributed by atoms with Crippen LogP contribution in [0.25, 0.3) is 10.9 Å². The monoisotopic (exact) mass is 510 g/mol. The van der Waals surface area contributed by atoms with Gasteiger partial charge in [0.25, 0.3) is 11.5 Å². The summed E-state index contributed by atoms with van der Waals surface area (Å²) in [6, 6.07) is 10.3. The molecule has 192 valence electrons. The largest absolute Gasteiger partial charge is 0.348 e. The molecule has 0 spiro atoms. The molecule has 1 saturated heterocycles. The Kier molecular flexibility index (Phi) is 7.01. The van der Waals surface area contributed by atoms with Crippen LogP contribution in [0.5, 0.6) is 0 Å². The fourth-order valence-corrected chi connectivity index (χ4v) is 6.65. The molecule has 1 aromatic carbocycles. The summed E-state index contributed by atoms with van der Waals surface area (Å²) in [7, 11) is 0. The van der Waals surface area contributed by atoms with E-state index >= 15 is 4.39 Å². The zero-order valence-electron chi connectivity index (χ0n) is 21.4. The Bertz CT molecular complexity index is 1350. The van der Waals surface area contributed by atoms with Crippen molar-refractivity contribution in [3.63, 3.8) is 0 Å². The highest BCUT2D eigenvalue weighted by Gasteiger charge is 2.40. The average Bonchev–Trinajstić information content (AvgIpc) is 3.65. The van der Waals surface area contributed by atoms with Gasteiger partial charge in [-0.3, -0.25) is 14.5 Å². The molecule has 36 heavy (non-hydrogen) atoms. The second-order valence-corrected chi connectivity index (χ2v) is 11.1. The zero-order chi connectivity index (χ0) is 25.6. The van der Waals surface area contributed by atoms with Gasteiger partial charge in [0.05, 0.1) is 5.56 Å². The number of H-pyrrole nitrogens is 1. The lowest BCUT2D eigenvalue weighted by Crippen LogP contribution is -2.45. The Morgan fingerprint density at radius 2 is 2.00 bits per heavy atom. The Labute approximate surface area is 215 Å². The highest BCUT2D eigenvalue weighted by Crippen LogP contribution is 2.39. The standard InChI is InChI=1S/C28H35FN4O2S/c1-16-13-25(36-4)22(27(34)31-16)14-30-28(35)26-18(3)33(24-8-6-5-7-21(24)26)17(2)20-11-12-32(15-23(20)29)19-9-10-19/h5-8,13,17,19-20,23H,9-12,14-15H2,1-4H3,(H,30,35)(H,31,34)/t17-,20-,23-/m1/s1. The van der Waals surface area contributed by atoms with Gasteiger partial charge in [0.1, 0.15) is 6.17 Å². The van der Waals surface area contributed by atoms with Gasteiger partial charge in [-0.25, -0.2) is 4.39 Å². The number of likely N-dealkylation sites (tertiary alicyclic amines) is 1. The number of nitrogens with zero attached hydrogens (tertiary/aromatic N) is 2. The number of piperidine rings is 1. The molecule has 2 N–H and O–H groups in total. The molecule has 1 amide bonds. The number of amides is 1. The molecule has 2 fully saturated rings. The topological polar surface area (TPSA) is 70.1 Å². The zero-order valence-corrected chi connectivity index (χ0v) is 22.3. The van der Waals surface area contributed by atoms with Crippen LogP contribution in [0.1, 0.15) is 59.5 Å². The smallest absolute Gasteiger partial charge is 0.254 e. The lowest BCUT2D eigenvalue weighted by molar-refractivity contribution is 0.0561. The first-order valence-electron chi connectivity index (χ1n) is 12.8. The molecule has 1 aliphatic heterocycles. The Morgan fingerprint density at radius 1 is 1.25 bits per heavy atom. The van der Waals surface area contributed by atoms with Crippen molar-refractivity contribution in [2.45, 2.75) is 69.7 Å². The number of halogens is 1.